The number of imidazole rings is 1. The molecule has 1 aliphatic carbocycles. The predicted octanol–water partition coefficient (Wildman–Crippen LogP) is 2.40. The lowest BCUT2D eigenvalue weighted by Crippen LogP contribution is -2.23. The van der Waals surface area contributed by atoms with Crippen LogP contribution in [0.25, 0.3) is 0 Å². The zero-order valence-corrected chi connectivity index (χ0v) is 13.3. The molecule has 1 aromatic heterocycles. The number of carboxylic acids is 1. The molecule has 0 aromatic carbocycles. The summed E-state index contributed by atoms with van der Waals surface area (Å²) in [5, 5.41) is 9.61. The van der Waals surface area contributed by atoms with Gasteiger partial charge in [-0.2, -0.15) is 0 Å². The Morgan fingerprint density at radius 1 is 1.57 bits per heavy atom. The Kier molecular flexibility index (Phi) is 4.42. The number of aryl methyl sites for hydroxylation is 1. The fourth-order valence-electron chi connectivity index (χ4n) is 2.90. The Hall–Kier alpha value is -1.36. The minimum absolute atomic E-state index is 0.185. The highest BCUT2D eigenvalue weighted by atomic mass is 16.4. The topological polar surface area (TPSA) is 81.1 Å². The summed E-state index contributed by atoms with van der Waals surface area (Å²) in [6.07, 6.45) is 7.17. The molecule has 1 unspecified atom stereocenters. The number of hydrogen-bond acceptors (Lipinski definition) is 3. The van der Waals surface area contributed by atoms with Crippen molar-refractivity contribution in [2.45, 2.75) is 58.4 Å². The van der Waals surface area contributed by atoms with Crippen LogP contribution in [0.1, 0.15) is 52.1 Å². The van der Waals surface area contributed by atoms with Gasteiger partial charge in [0.15, 0.2) is 0 Å². The van der Waals surface area contributed by atoms with Crippen molar-refractivity contribution < 1.29 is 9.90 Å². The second-order valence-electron chi connectivity index (χ2n) is 7.42. The SMILES string of the molecule is CC(C)(C)CCn1cnc(C2(C(=O)O)C[C@H]2CCCN)c1. The molecule has 1 saturated carbocycles. The molecule has 5 nitrogen and oxygen atoms in total. The molecule has 3 N–H and O–H groups in total. The lowest BCUT2D eigenvalue weighted by molar-refractivity contribution is -0.140. The largest absolute Gasteiger partial charge is 0.481 e. The Morgan fingerprint density at radius 2 is 2.29 bits per heavy atom. The van der Waals surface area contributed by atoms with Crippen LogP contribution in [0.2, 0.25) is 0 Å². The highest BCUT2D eigenvalue weighted by molar-refractivity contribution is 5.85. The van der Waals surface area contributed by atoms with Gasteiger partial charge in [-0.1, -0.05) is 20.8 Å². The molecule has 0 bridgehead atoms. The van der Waals surface area contributed by atoms with Gasteiger partial charge < -0.3 is 15.4 Å². The van der Waals surface area contributed by atoms with Crippen molar-refractivity contribution in [3.63, 3.8) is 0 Å². The standard InChI is InChI=1S/C16H27N3O2/c1-15(2,3)6-8-19-10-13(18-11-19)16(14(20)21)9-12(16)5-4-7-17/h10-12H,4-9,17H2,1-3H3,(H,20,21)/t12-,16?/m1/s1. The van der Waals surface area contributed by atoms with Crippen LogP contribution in [0.5, 0.6) is 0 Å². The quantitative estimate of drug-likeness (QED) is 0.809. The summed E-state index contributed by atoms with van der Waals surface area (Å²) in [5.41, 5.74) is 5.74. The minimum Gasteiger partial charge on any atom is -0.481 e. The van der Waals surface area contributed by atoms with Crippen LogP contribution in [-0.2, 0) is 16.8 Å². The Labute approximate surface area is 126 Å². The van der Waals surface area contributed by atoms with E-state index in [-0.39, 0.29) is 11.3 Å². The van der Waals surface area contributed by atoms with Crippen LogP contribution in [-0.4, -0.2) is 27.2 Å². The van der Waals surface area contributed by atoms with Crippen LogP contribution in [0.15, 0.2) is 12.5 Å². The van der Waals surface area contributed by atoms with Gasteiger partial charge in [-0.15, -0.1) is 0 Å². The number of aliphatic carboxylic acids is 1. The monoisotopic (exact) mass is 293 g/mol. The summed E-state index contributed by atoms with van der Waals surface area (Å²) in [5.74, 6) is -0.560. The van der Waals surface area contributed by atoms with Gasteiger partial charge in [0.25, 0.3) is 0 Å². The van der Waals surface area contributed by atoms with Crippen LogP contribution in [0.4, 0.5) is 0 Å². The number of nitrogens with zero attached hydrogens (tertiary/aromatic N) is 2. The summed E-state index contributed by atoms with van der Waals surface area (Å²) in [4.78, 5) is 16.1. The fraction of sp³-hybridized carbons (Fsp3) is 0.750. The van der Waals surface area contributed by atoms with Gasteiger partial charge in [-0.05, 0) is 43.6 Å². The van der Waals surface area contributed by atoms with E-state index in [1.54, 1.807) is 6.33 Å². The molecule has 0 aliphatic heterocycles. The van der Waals surface area contributed by atoms with E-state index in [9.17, 15) is 9.90 Å². The summed E-state index contributed by atoms with van der Waals surface area (Å²) >= 11 is 0. The van der Waals surface area contributed by atoms with Crippen molar-refractivity contribution in [1.82, 2.24) is 9.55 Å². The van der Waals surface area contributed by atoms with Crippen molar-refractivity contribution in [3.8, 4) is 0 Å². The Morgan fingerprint density at radius 3 is 2.86 bits per heavy atom. The summed E-state index contributed by atoms with van der Waals surface area (Å²) in [6.45, 7) is 8.10. The number of carboxylic acid groups (broad SMARTS) is 1. The van der Waals surface area contributed by atoms with Crippen LogP contribution >= 0.6 is 0 Å². The van der Waals surface area contributed by atoms with E-state index in [1.807, 2.05) is 10.8 Å². The first-order valence-electron chi connectivity index (χ1n) is 7.75. The third kappa shape index (κ3) is 3.46. The van der Waals surface area contributed by atoms with E-state index in [0.29, 0.717) is 18.7 Å². The van der Waals surface area contributed by atoms with Gasteiger partial charge in [0.05, 0.1) is 12.0 Å². The van der Waals surface area contributed by atoms with Crippen molar-refractivity contribution in [1.29, 1.82) is 0 Å². The molecule has 0 saturated heterocycles. The first kappa shape index (κ1) is 16.0. The van der Waals surface area contributed by atoms with Gasteiger partial charge in [-0.3, -0.25) is 4.79 Å². The van der Waals surface area contributed by atoms with E-state index in [2.05, 4.69) is 25.8 Å². The molecule has 1 aromatic rings. The maximum atomic E-state index is 11.7. The summed E-state index contributed by atoms with van der Waals surface area (Å²) < 4.78 is 2.02. The molecule has 0 amide bonds. The fourth-order valence-corrected chi connectivity index (χ4v) is 2.90. The molecule has 0 spiro atoms. The average molecular weight is 293 g/mol. The zero-order chi connectivity index (χ0) is 15.7. The number of carbonyl (C=O) groups is 1. The van der Waals surface area contributed by atoms with Crippen molar-refractivity contribution in [3.05, 3.63) is 18.2 Å². The van der Waals surface area contributed by atoms with Crippen molar-refractivity contribution in [2.75, 3.05) is 6.54 Å². The van der Waals surface area contributed by atoms with Crippen LogP contribution in [0, 0.1) is 11.3 Å². The van der Waals surface area contributed by atoms with Crippen molar-refractivity contribution >= 4 is 5.97 Å². The highest BCUT2D eigenvalue weighted by Crippen LogP contribution is 2.56. The van der Waals surface area contributed by atoms with Crippen LogP contribution < -0.4 is 5.73 Å². The maximum absolute atomic E-state index is 11.7. The molecule has 0 radical (unpaired) electrons. The average Bonchev–Trinajstić information content (AvgIpc) is 2.93. The molecular formula is C16H27N3O2. The molecule has 1 aliphatic rings. The zero-order valence-electron chi connectivity index (χ0n) is 13.3. The van der Waals surface area contributed by atoms with Gasteiger partial charge in [0, 0.05) is 12.7 Å². The second kappa shape index (κ2) is 5.79. The van der Waals surface area contributed by atoms with E-state index in [0.717, 1.165) is 25.8 Å². The normalized spacial score (nSPS) is 25.0. The van der Waals surface area contributed by atoms with E-state index >= 15 is 0 Å². The smallest absolute Gasteiger partial charge is 0.316 e. The van der Waals surface area contributed by atoms with E-state index < -0.39 is 11.4 Å². The third-order valence-electron chi connectivity index (χ3n) is 4.45. The summed E-state index contributed by atoms with van der Waals surface area (Å²) in [6, 6.07) is 0. The number of rotatable bonds is 7. The number of nitrogens with two attached hydrogens (primary N) is 1. The van der Waals surface area contributed by atoms with Gasteiger partial charge in [-0.25, -0.2) is 4.98 Å². The number of hydrogen-bond donors (Lipinski definition) is 2. The van der Waals surface area contributed by atoms with Gasteiger partial charge >= 0.3 is 5.97 Å². The first-order chi connectivity index (χ1) is 9.79. The van der Waals surface area contributed by atoms with E-state index in [4.69, 9.17) is 5.73 Å². The molecule has 1 fully saturated rings. The Bertz CT molecular complexity index is 504. The maximum Gasteiger partial charge on any atom is 0.316 e. The third-order valence-corrected chi connectivity index (χ3v) is 4.45. The molecule has 21 heavy (non-hydrogen) atoms. The minimum atomic E-state index is -0.762. The molecule has 5 heteroatoms. The van der Waals surface area contributed by atoms with Crippen molar-refractivity contribution in [2.24, 2.45) is 17.1 Å². The van der Waals surface area contributed by atoms with E-state index in [1.165, 1.54) is 0 Å². The molecule has 118 valence electrons. The van der Waals surface area contributed by atoms with Gasteiger partial charge in [0.2, 0.25) is 0 Å². The first-order valence-corrected chi connectivity index (χ1v) is 7.75. The molecule has 1 heterocycles. The summed E-state index contributed by atoms with van der Waals surface area (Å²) in [7, 11) is 0. The second-order valence-corrected chi connectivity index (χ2v) is 7.42. The van der Waals surface area contributed by atoms with Gasteiger partial charge in [0.1, 0.15) is 5.41 Å². The molecule has 2 rings (SSSR count). The molecular weight excluding hydrogens is 266 g/mol. The lowest BCUT2D eigenvalue weighted by atomic mass is 9.92. The van der Waals surface area contributed by atoms with Crippen LogP contribution in [0.3, 0.4) is 0 Å². The Balaban J connectivity index is 2.06. The predicted molar refractivity (Wildman–Crippen MR) is 82.0 cm³/mol. The lowest BCUT2D eigenvalue weighted by Gasteiger charge is -2.17. The molecule has 2 atom stereocenters. The number of aromatic nitrogens is 2. The highest BCUT2D eigenvalue weighted by Gasteiger charge is 2.62.